The molecule has 0 unspecified atom stereocenters. The summed E-state index contributed by atoms with van der Waals surface area (Å²) < 4.78 is 46.8. The molecular weight excluding hydrogens is 355 g/mol. The number of esters is 1. The number of hydrogen-bond acceptors (Lipinski definition) is 2. The first-order valence-electron chi connectivity index (χ1n) is 8.59. The van der Waals surface area contributed by atoms with E-state index in [4.69, 9.17) is 4.74 Å². The lowest BCUT2D eigenvalue weighted by molar-refractivity contribution is -0.138. The number of methoxy groups -OCH3 is 1. The molecule has 0 bridgehead atoms. The molecule has 0 spiro atoms. The summed E-state index contributed by atoms with van der Waals surface area (Å²) in [5.41, 5.74) is 1.65. The van der Waals surface area contributed by atoms with Crippen LogP contribution in [0.1, 0.15) is 47.1 Å². The first-order chi connectivity index (χ1) is 12.7. The van der Waals surface area contributed by atoms with Crippen LogP contribution in [0, 0.1) is 0 Å². The van der Waals surface area contributed by atoms with Crippen LogP contribution in [0.15, 0.2) is 48.5 Å². The maximum Gasteiger partial charge on any atom is 0.416 e. The van der Waals surface area contributed by atoms with E-state index in [-0.39, 0.29) is 18.0 Å². The fourth-order valence-corrected chi connectivity index (χ4v) is 3.43. The van der Waals surface area contributed by atoms with Gasteiger partial charge in [0.1, 0.15) is 0 Å². The van der Waals surface area contributed by atoms with Crippen LogP contribution in [0.2, 0.25) is 0 Å². The second kappa shape index (κ2) is 7.10. The molecule has 0 saturated carbocycles. The molecule has 0 fully saturated rings. The van der Waals surface area contributed by atoms with Crippen LogP contribution in [-0.2, 0) is 17.3 Å². The summed E-state index contributed by atoms with van der Waals surface area (Å²) in [5, 5.41) is 0.797. The molecule has 3 rings (SSSR count). The van der Waals surface area contributed by atoms with Crippen LogP contribution in [0.3, 0.4) is 0 Å². The Balaban J connectivity index is 2.12. The van der Waals surface area contributed by atoms with Gasteiger partial charge in [-0.05, 0) is 49.7 Å². The molecular formula is C21H20F3NO2. The van der Waals surface area contributed by atoms with Gasteiger partial charge in [0.2, 0.25) is 0 Å². The van der Waals surface area contributed by atoms with E-state index in [1.54, 1.807) is 24.3 Å². The number of carbonyl (C=O) groups excluding carboxylic acids is 1. The first kappa shape index (κ1) is 19.0. The number of halogens is 3. The molecule has 0 aliphatic rings. The molecule has 6 heteroatoms. The fraction of sp³-hybridized carbons (Fsp3) is 0.286. The average molecular weight is 375 g/mol. The average Bonchev–Trinajstić information content (AvgIpc) is 2.97. The van der Waals surface area contributed by atoms with Crippen molar-refractivity contribution in [3.8, 4) is 0 Å². The third-order valence-corrected chi connectivity index (χ3v) is 4.55. The summed E-state index contributed by atoms with van der Waals surface area (Å²) in [7, 11) is 1.31. The number of aromatic nitrogens is 1. The van der Waals surface area contributed by atoms with Crippen molar-refractivity contribution >= 4 is 16.9 Å². The Morgan fingerprint density at radius 2 is 1.81 bits per heavy atom. The molecule has 0 saturated heterocycles. The predicted molar refractivity (Wildman–Crippen MR) is 97.9 cm³/mol. The van der Waals surface area contributed by atoms with E-state index in [0.717, 1.165) is 22.7 Å². The summed E-state index contributed by atoms with van der Waals surface area (Å²) in [6, 6.07) is 12.7. The van der Waals surface area contributed by atoms with Crippen molar-refractivity contribution < 1.29 is 22.7 Å². The largest absolute Gasteiger partial charge is 0.465 e. The number of carbonyl (C=O) groups is 1. The maximum absolute atomic E-state index is 13.3. The topological polar surface area (TPSA) is 31.2 Å². The Labute approximate surface area is 155 Å². The van der Waals surface area contributed by atoms with Crippen molar-refractivity contribution in [2.75, 3.05) is 7.11 Å². The molecule has 27 heavy (non-hydrogen) atoms. The molecule has 142 valence electrons. The predicted octanol–water partition coefficient (Wildman–Crippen LogP) is 5.62. The van der Waals surface area contributed by atoms with Crippen LogP contribution in [0.25, 0.3) is 10.9 Å². The Bertz CT molecular complexity index is 987. The standard InChI is InChI=1S/C21H20F3NO2/c1-13(2)25-17(11-14-6-4-5-7-18(14)21(22,23)24)12-16-10-15(20(26)27-3)8-9-19(16)25/h4-10,12-13H,11H2,1-3H3. The maximum atomic E-state index is 13.3. The van der Waals surface area contributed by atoms with Gasteiger partial charge < -0.3 is 9.30 Å². The molecule has 1 heterocycles. The second-order valence-electron chi connectivity index (χ2n) is 6.70. The van der Waals surface area contributed by atoms with E-state index >= 15 is 0 Å². The Morgan fingerprint density at radius 3 is 2.44 bits per heavy atom. The fourth-order valence-electron chi connectivity index (χ4n) is 3.43. The number of hydrogen-bond donors (Lipinski definition) is 0. The highest BCUT2D eigenvalue weighted by Gasteiger charge is 2.33. The zero-order valence-corrected chi connectivity index (χ0v) is 15.3. The lowest BCUT2D eigenvalue weighted by Gasteiger charge is -2.17. The number of nitrogens with zero attached hydrogens (tertiary/aromatic N) is 1. The Morgan fingerprint density at radius 1 is 1.11 bits per heavy atom. The van der Waals surface area contributed by atoms with Crippen LogP contribution in [0.4, 0.5) is 13.2 Å². The van der Waals surface area contributed by atoms with Gasteiger partial charge in [0.15, 0.2) is 0 Å². The molecule has 2 aromatic carbocycles. The quantitative estimate of drug-likeness (QED) is 0.554. The third kappa shape index (κ3) is 3.70. The zero-order chi connectivity index (χ0) is 19.8. The van der Waals surface area contributed by atoms with Gasteiger partial charge in [-0.3, -0.25) is 0 Å². The molecule has 1 aromatic heterocycles. The van der Waals surface area contributed by atoms with Gasteiger partial charge in [-0.2, -0.15) is 13.2 Å². The molecule has 0 radical (unpaired) electrons. The van der Waals surface area contributed by atoms with Crippen LogP contribution < -0.4 is 0 Å². The second-order valence-corrected chi connectivity index (χ2v) is 6.70. The van der Waals surface area contributed by atoms with Crippen molar-refractivity contribution in [1.82, 2.24) is 4.57 Å². The van der Waals surface area contributed by atoms with E-state index in [0.29, 0.717) is 5.56 Å². The highest BCUT2D eigenvalue weighted by molar-refractivity contribution is 5.95. The van der Waals surface area contributed by atoms with Gasteiger partial charge in [-0.15, -0.1) is 0 Å². The zero-order valence-electron chi connectivity index (χ0n) is 15.3. The van der Waals surface area contributed by atoms with E-state index in [1.807, 2.05) is 24.5 Å². The van der Waals surface area contributed by atoms with Crippen molar-refractivity contribution in [2.45, 2.75) is 32.5 Å². The first-order valence-corrected chi connectivity index (χ1v) is 8.59. The third-order valence-electron chi connectivity index (χ3n) is 4.55. The van der Waals surface area contributed by atoms with Crippen molar-refractivity contribution in [3.05, 3.63) is 70.9 Å². The van der Waals surface area contributed by atoms with Crippen molar-refractivity contribution in [2.24, 2.45) is 0 Å². The highest BCUT2D eigenvalue weighted by Crippen LogP contribution is 2.34. The molecule has 0 atom stereocenters. The van der Waals surface area contributed by atoms with Crippen LogP contribution in [-0.4, -0.2) is 17.6 Å². The van der Waals surface area contributed by atoms with Gasteiger partial charge in [0, 0.05) is 29.1 Å². The minimum absolute atomic E-state index is 0.0551. The monoisotopic (exact) mass is 375 g/mol. The molecule has 0 amide bonds. The molecule has 3 nitrogen and oxygen atoms in total. The highest BCUT2D eigenvalue weighted by atomic mass is 19.4. The lowest BCUT2D eigenvalue weighted by atomic mass is 10.0. The lowest BCUT2D eigenvalue weighted by Crippen LogP contribution is -2.11. The summed E-state index contributed by atoms with van der Waals surface area (Å²) >= 11 is 0. The Hall–Kier alpha value is -2.76. The minimum Gasteiger partial charge on any atom is -0.465 e. The number of fused-ring (bicyclic) bond motifs is 1. The summed E-state index contributed by atoms with van der Waals surface area (Å²) in [5.74, 6) is -0.446. The van der Waals surface area contributed by atoms with Crippen molar-refractivity contribution in [1.29, 1.82) is 0 Å². The van der Waals surface area contributed by atoms with Crippen LogP contribution in [0.5, 0.6) is 0 Å². The van der Waals surface area contributed by atoms with Gasteiger partial charge in [-0.25, -0.2) is 4.79 Å². The van der Waals surface area contributed by atoms with Gasteiger partial charge in [0.05, 0.1) is 18.2 Å². The summed E-state index contributed by atoms with van der Waals surface area (Å²) in [4.78, 5) is 11.8. The van der Waals surface area contributed by atoms with E-state index < -0.39 is 17.7 Å². The summed E-state index contributed by atoms with van der Waals surface area (Å²) in [6.07, 6.45) is -4.25. The van der Waals surface area contributed by atoms with Gasteiger partial charge in [0.25, 0.3) is 0 Å². The van der Waals surface area contributed by atoms with E-state index in [2.05, 4.69) is 0 Å². The number of ether oxygens (including phenoxy) is 1. The molecule has 3 aromatic rings. The summed E-state index contributed by atoms with van der Waals surface area (Å²) in [6.45, 7) is 3.96. The molecule has 0 aliphatic carbocycles. The van der Waals surface area contributed by atoms with Gasteiger partial charge in [-0.1, -0.05) is 18.2 Å². The van der Waals surface area contributed by atoms with E-state index in [1.165, 1.54) is 19.2 Å². The molecule has 0 N–H and O–H groups in total. The number of alkyl halides is 3. The smallest absolute Gasteiger partial charge is 0.416 e. The number of rotatable bonds is 4. The Kier molecular flexibility index (Phi) is 5.00. The van der Waals surface area contributed by atoms with Crippen molar-refractivity contribution in [3.63, 3.8) is 0 Å². The van der Waals surface area contributed by atoms with E-state index in [9.17, 15) is 18.0 Å². The minimum atomic E-state index is -4.40. The molecule has 0 aliphatic heterocycles. The normalized spacial score (nSPS) is 12.0. The van der Waals surface area contributed by atoms with Crippen LogP contribution >= 0.6 is 0 Å². The number of benzene rings is 2. The SMILES string of the molecule is COC(=O)c1ccc2c(c1)cc(Cc1ccccc1C(F)(F)F)n2C(C)C. The van der Waals surface area contributed by atoms with Gasteiger partial charge >= 0.3 is 12.1 Å².